The normalized spacial score (nSPS) is 18.2. The lowest BCUT2D eigenvalue weighted by molar-refractivity contribution is -0.141. The molecule has 3 aromatic rings. The van der Waals surface area contributed by atoms with Crippen LogP contribution in [0.2, 0.25) is 10.0 Å². The molecule has 3 heterocycles. The molecule has 0 amide bonds. The Kier molecular flexibility index (Phi) is 8.29. The summed E-state index contributed by atoms with van der Waals surface area (Å²) in [6, 6.07) is 8.02. The van der Waals surface area contributed by atoms with Crippen molar-refractivity contribution in [3.63, 3.8) is 0 Å². The monoisotopic (exact) mass is 518 g/mol. The summed E-state index contributed by atoms with van der Waals surface area (Å²) in [5.74, 6) is 0.291. The maximum absolute atomic E-state index is 13.0. The van der Waals surface area contributed by atoms with Gasteiger partial charge in [-0.25, -0.2) is 4.98 Å². The van der Waals surface area contributed by atoms with Crippen LogP contribution in [0.15, 0.2) is 30.3 Å². The number of aliphatic hydroxyl groups is 1. The third kappa shape index (κ3) is 5.57. The molecule has 2 unspecified atom stereocenters. The number of fused-ring (bicyclic) bond motifs is 3. The fourth-order valence-corrected chi connectivity index (χ4v) is 4.66. The number of carbonyl (C=O) groups is 1. The molecular formula is C22H23Cl2F3N4O3. The third-order valence-corrected chi connectivity index (χ3v) is 6.14. The molecule has 7 nitrogen and oxygen atoms in total. The first-order valence-electron chi connectivity index (χ1n) is 10.3. The third-order valence-electron chi connectivity index (χ3n) is 5.60. The molecule has 2 atom stereocenters. The van der Waals surface area contributed by atoms with E-state index in [1.54, 1.807) is 0 Å². The second-order valence-electron chi connectivity index (χ2n) is 7.79. The number of carboxylic acid groups (broad SMARTS) is 1. The molecule has 0 saturated heterocycles. The molecule has 12 heteroatoms. The Balaban J connectivity index is 0.00000103. The van der Waals surface area contributed by atoms with Crippen LogP contribution in [-0.4, -0.2) is 57.8 Å². The number of hydrogen-bond donors (Lipinski definition) is 4. The second kappa shape index (κ2) is 10.8. The Bertz CT molecular complexity index is 1160. The number of aromatic amines is 1. The maximum atomic E-state index is 13.0. The van der Waals surface area contributed by atoms with Crippen LogP contribution in [0.4, 0.5) is 19.0 Å². The van der Waals surface area contributed by atoms with Crippen LogP contribution >= 0.6 is 23.2 Å². The first kappa shape index (κ1) is 26.1. The van der Waals surface area contributed by atoms with E-state index in [9.17, 15) is 18.3 Å². The van der Waals surface area contributed by atoms with E-state index in [1.165, 1.54) is 12.1 Å². The summed E-state index contributed by atoms with van der Waals surface area (Å²) in [5.41, 5.74) is 1.95. The van der Waals surface area contributed by atoms with Crippen molar-refractivity contribution >= 4 is 46.4 Å². The zero-order chi connectivity index (χ0) is 25.0. The fourth-order valence-electron chi connectivity index (χ4n) is 4.27. The Morgan fingerprint density at radius 2 is 2.00 bits per heavy atom. The number of aromatic nitrogens is 2. The molecule has 0 radical (unpaired) electrons. The van der Waals surface area contributed by atoms with Crippen molar-refractivity contribution in [2.75, 3.05) is 31.6 Å². The van der Waals surface area contributed by atoms with E-state index < -0.39 is 16.9 Å². The molecular weight excluding hydrogens is 496 g/mol. The number of alkyl halides is 3. The highest BCUT2D eigenvalue weighted by molar-refractivity contribution is 6.31. The molecule has 4 N–H and O–H groups in total. The van der Waals surface area contributed by atoms with Crippen LogP contribution in [-0.2, 0) is 11.0 Å². The van der Waals surface area contributed by atoms with Crippen LogP contribution in [0.1, 0.15) is 35.8 Å². The largest absolute Gasteiger partial charge is 0.483 e. The van der Waals surface area contributed by atoms with Crippen LogP contribution in [0.25, 0.3) is 10.9 Å². The van der Waals surface area contributed by atoms with E-state index in [1.807, 2.05) is 18.2 Å². The van der Waals surface area contributed by atoms with Gasteiger partial charge in [0, 0.05) is 41.3 Å². The van der Waals surface area contributed by atoms with Gasteiger partial charge in [0.2, 0.25) is 0 Å². The predicted octanol–water partition coefficient (Wildman–Crippen LogP) is 5.15. The van der Waals surface area contributed by atoms with Gasteiger partial charge in [-0.15, -0.1) is 0 Å². The summed E-state index contributed by atoms with van der Waals surface area (Å²) >= 11 is 11.8. The molecule has 0 aliphatic carbocycles. The Labute approximate surface area is 203 Å². The van der Waals surface area contributed by atoms with Crippen molar-refractivity contribution in [1.29, 1.82) is 0 Å². The highest BCUT2D eigenvalue weighted by atomic mass is 35.5. The van der Waals surface area contributed by atoms with Crippen molar-refractivity contribution in [1.82, 2.24) is 14.9 Å². The fraction of sp³-hybridized carbons (Fsp3) is 0.364. The quantitative estimate of drug-likeness (QED) is 0.348. The van der Waals surface area contributed by atoms with Gasteiger partial charge in [-0.05, 0) is 41.8 Å². The van der Waals surface area contributed by atoms with Gasteiger partial charge >= 0.3 is 6.18 Å². The number of aliphatic hydroxyl groups excluding tert-OH is 1. The van der Waals surface area contributed by atoms with Gasteiger partial charge in [0.1, 0.15) is 5.82 Å². The number of rotatable bonds is 5. The highest BCUT2D eigenvalue weighted by Gasteiger charge is 2.36. The summed E-state index contributed by atoms with van der Waals surface area (Å²) in [6.45, 7) is 3.34. The zero-order valence-electron chi connectivity index (χ0n) is 18.0. The molecule has 184 valence electrons. The standard InChI is InChI=1S/C21H21Cl2F3N4O.CH2O2/c1-11-9-30(7-6-27-17-5-3-14(23)20(29-17)21(24,25)26)16(10-31)19-18(11)13-8-12(22)2-4-15(13)28-19;2-1-3/h2-5,8,11,16,28,31H,6-7,9-10H2,1H3,(H,27,29);1H,(H,2,3). The Morgan fingerprint density at radius 3 is 2.65 bits per heavy atom. The van der Waals surface area contributed by atoms with Gasteiger partial charge in [0.05, 0.1) is 17.7 Å². The van der Waals surface area contributed by atoms with E-state index in [-0.39, 0.29) is 30.9 Å². The summed E-state index contributed by atoms with van der Waals surface area (Å²) in [6.07, 6.45) is -4.62. The van der Waals surface area contributed by atoms with Crippen molar-refractivity contribution in [3.05, 3.63) is 57.3 Å². The van der Waals surface area contributed by atoms with Crippen LogP contribution in [0.5, 0.6) is 0 Å². The van der Waals surface area contributed by atoms with Gasteiger partial charge in [-0.3, -0.25) is 9.69 Å². The lowest BCUT2D eigenvalue weighted by Gasteiger charge is -2.38. The van der Waals surface area contributed by atoms with E-state index in [0.29, 0.717) is 24.7 Å². The van der Waals surface area contributed by atoms with E-state index in [2.05, 4.69) is 27.1 Å². The minimum absolute atomic E-state index is 0.0856. The second-order valence-corrected chi connectivity index (χ2v) is 8.64. The molecule has 2 aromatic heterocycles. The minimum atomic E-state index is -4.62. The van der Waals surface area contributed by atoms with Gasteiger partial charge in [-0.2, -0.15) is 13.2 Å². The van der Waals surface area contributed by atoms with Gasteiger partial charge in [0.15, 0.2) is 5.69 Å². The van der Waals surface area contributed by atoms with Gasteiger partial charge in [0.25, 0.3) is 6.47 Å². The molecule has 0 bridgehead atoms. The minimum Gasteiger partial charge on any atom is -0.483 e. The van der Waals surface area contributed by atoms with Gasteiger partial charge in [-0.1, -0.05) is 30.1 Å². The Hall–Kier alpha value is -2.53. The summed E-state index contributed by atoms with van der Waals surface area (Å²) in [7, 11) is 0. The first-order valence-corrected chi connectivity index (χ1v) is 11.1. The number of benzene rings is 1. The topological polar surface area (TPSA) is 101 Å². The first-order chi connectivity index (χ1) is 16.1. The maximum Gasteiger partial charge on any atom is 0.434 e. The lowest BCUT2D eigenvalue weighted by Crippen LogP contribution is -2.41. The van der Waals surface area contributed by atoms with Crippen molar-refractivity contribution in [3.8, 4) is 0 Å². The van der Waals surface area contributed by atoms with E-state index in [4.69, 9.17) is 33.1 Å². The van der Waals surface area contributed by atoms with E-state index >= 15 is 0 Å². The van der Waals surface area contributed by atoms with Crippen LogP contribution in [0, 0.1) is 0 Å². The van der Waals surface area contributed by atoms with Crippen molar-refractivity contribution in [2.45, 2.75) is 25.1 Å². The smallest absolute Gasteiger partial charge is 0.434 e. The molecule has 34 heavy (non-hydrogen) atoms. The summed E-state index contributed by atoms with van der Waals surface area (Å²) < 4.78 is 39.0. The number of anilines is 1. The van der Waals surface area contributed by atoms with Crippen LogP contribution in [0.3, 0.4) is 0 Å². The molecule has 0 saturated carbocycles. The number of hydrogen-bond acceptors (Lipinski definition) is 5. The molecule has 0 fully saturated rings. The van der Waals surface area contributed by atoms with E-state index in [0.717, 1.165) is 22.2 Å². The zero-order valence-corrected chi connectivity index (χ0v) is 19.5. The highest BCUT2D eigenvalue weighted by Crippen LogP contribution is 2.40. The molecule has 1 aromatic carbocycles. The summed E-state index contributed by atoms with van der Waals surface area (Å²) in [4.78, 5) is 17.5. The molecule has 1 aliphatic heterocycles. The molecule has 0 spiro atoms. The van der Waals surface area contributed by atoms with Gasteiger partial charge < -0.3 is 20.5 Å². The number of nitrogens with zero attached hydrogens (tertiary/aromatic N) is 2. The number of H-pyrrole nitrogens is 1. The predicted molar refractivity (Wildman–Crippen MR) is 125 cm³/mol. The molecule has 1 aliphatic rings. The van der Waals surface area contributed by atoms with Crippen molar-refractivity contribution in [2.24, 2.45) is 0 Å². The SMILES string of the molecule is CC1CN(CCNc2ccc(Cl)c(C(F)(F)F)n2)C(CO)c2[nH]c3ccc(Cl)cc3c21.O=CO. The number of pyridine rings is 1. The van der Waals surface area contributed by atoms with Crippen LogP contribution < -0.4 is 5.32 Å². The summed E-state index contributed by atoms with van der Waals surface area (Å²) in [5, 5.41) is 21.2. The van der Waals surface area contributed by atoms with Crippen molar-refractivity contribution < 1.29 is 28.2 Å². The Morgan fingerprint density at radius 1 is 1.29 bits per heavy atom. The lowest BCUT2D eigenvalue weighted by atomic mass is 9.89. The number of nitrogens with one attached hydrogen (secondary N) is 2. The average Bonchev–Trinajstić information content (AvgIpc) is 3.14. The average molecular weight is 519 g/mol. The number of halogens is 5. The molecule has 4 rings (SSSR count).